The standard InChI is InChI=1S/C14H22O2.C4H12OSi/c1-5-11(3)15-13-9-7-8-10-14(13)16-12(4)6-2;1-3-4(2)5-6/h7-12H,5-6H2,1-4H3;4H,3H2,1-2,6H3. The summed E-state index contributed by atoms with van der Waals surface area (Å²) in [6, 6.07) is 7.87. The molecule has 0 N–H and O–H groups in total. The molecule has 0 fully saturated rings. The molecule has 0 heterocycles. The van der Waals surface area contributed by atoms with E-state index < -0.39 is 0 Å². The van der Waals surface area contributed by atoms with Crippen LogP contribution in [0.15, 0.2) is 24.3 Å². The van der Waals surface area contributed by atoms with Crippen LogP contribution in [-0.4, -0.2) is 28.8 Å². The average molecular weight is 327 g/mol. The van der Waals surface area contributed by atoms with Crippen LogP contribution in [0.4, 0.5) is 0 Å². The Hall–Kier alpha value is -1.00. The van der Waals surface area contributed by atoms with Crippen LogP contribution in [0.2, 0.25) is 0 Å². The zero-order chi connectivity index (χ0) is 17.0. The van der Waals surface area contributed by atoms with Crippen LogP contribution in [0.1, 0.15) is 60.8 Å². The van der Waals surface area contributed by atoms with Gasteiger partial charge in [-0.2, -0.15) is 0 Å². The predicted molar refractivity (Wildman–Crippen MR) is 98.0 cm³/mol. The second kappa shape index (κ2) is 12.5. The molecule has 0 saturated heterocycles. The third kappa shape index (κ3) is 9.10. The summed E-state index contributed by atoms with van der Waals surface area (Å²) in [5.41, 5.74) is 0. The van der Waals surface area contributed by atoms with Gasteiger partial charge in [-0.15, -0.1) is 0 Å². The zero-order valence-corrected chi connectivity index (χ0v) is 17.4. The molecular weight excluding hydrogens is 292 g/mol. The first-order chi connectivity index (χ1) is 10.5. The molecule has 0 spiro atoms. The Morgan fingerprint density at radius 3 is 1.36 bits per heavy atom. The van der Waals surface area contributed by atoms with E-state index in [9.17, 15) is 0 Å². The monoisotopic (exact) mass is 326 g/mol. The largest absolute Gasteiger partial charge is 0.487 e. The van der Waals surface area contributed by atoms with E-state index in [1.807, 2.05) is 24.3 Å². The Bertz CT molecular complexity index is 349. The lowest BCUT2D eigenvalue weighted by Gasteiger charge is -2.18. The highest BCUT2D eigenvalue weighted by Crippen LogP contribution is 2.29. The Balaban J connectivity index is 0.000000626. The van der Waals surface area contributed by atoms with E-state index >= 15 is 0 Å². The second-order valence-electron chi connectivity index (χ2n) is 5.57. The Labute approximate surface area is 139 Å². The summed E-state index contributed by atoms with van der Waals surface area (Å²) in [4.78, 5) is 0. The quantitative estimate of drug-likeness (QED) is 0.673. The number of benzene rings is 1. The summed E-state index contributed by atoms with van der Waals surface area (Å²) >= 11 is 0. The summed E-state index contributed by atoms with van der Waals surface area (Å²) in [7, 11) is 0.882. The minimum Gasteiger partial charge on any atom is -0.487 e. The topological polar surface area (TPSA) is 27.7 Å². The molecule has 1 aromatic carbocycles. The van der Waals surface area contributed by atoms with Gasteiger partial charge in [-0.1, -0.05) is 32.9 Å². The van der Waals surface area contributed by atoms with E-state index in [4.69, 9.17) is 13.9 Å². The van der Waals surface area contributed by atoms with Crippen LogP contribution in [0.5, 0.6) is 11.5 Å². The molecule has 0 aromatic heterocycles. The zero-order valence-electron chi connectivity index (χ0n) is 15.4. The minimum atomic E-state index is 0.224. The first-order valence-corrected chi connectivity index (χ1v) is 9.25. The lowest BCUT2D eigenvalue weighted by molar-refractivity contribution is 0.177. The molecular formula is C18H34O3Si. The molecule has 4 heteroatoms. The number of hydrogen-bond acceptors (Lipinski definition) is 3. The fraction of sp³-hybridized carbons (Fsp3) is 0.667. The van der Waals surface area contributed by atoms with Crippen LogP contribution in [-0.2, 0) is 4.43 Å². The van der Waals surface area contributed by atoms with Crippen LogP contribution in [0.3, 0.4) is 0 Å². The third-order valence-corrected chi connectivity index (χ3v) is 4.44. The molecule has 1 aromatic rings. The Morgan fingerprint density at radius 2 is 1.14 bits per heavy atom. The summed E-state index contributed by atoms with van der Waals surface area (Å²) in [5.74, 6) is 1.69. The summed E-state index contributed by atoms with van der Waals surface area (Å²) in [6.07, 6.45) is 4.08. The lowest BCUT2D eigenvalue weighted by atomic mass is 10.2. The van der Waals surface area contributed by atoms with Gasteiger partial charge in [0.15, 0.2) is 11.5 Å². The molecule has 22 heavy (non-hydrogen) atoms. The fourth-order valence-electron chi connectivity index (χ4n) is 1.41. The van der Waals surface area contributed by atoms with Crippen molar-refractivity contribution in [2.45, 2.75) is 79.1 Å². The van der Waals surface area contributed by atoms with Gasteiger partial charge in [0.1, 0.15) is 10.5 Å². The molecule has 0 amide bonds. The van der Waals surface area contributed by atoms with E-state index in [2.05, 4.69) is 41.5 Å². The van der Waals surface area contributed by atoms with Crippen molar-refractivity contribution >= 4 is 10.5 Å². The van der Waals surface area contributed by atoms with Gasteiger partial charge in [0.05, 0.1) is 12.2 Å². The molecule has 0 bridgehead atoms. The van der Waals surface area contributed by atoms with Crippen molar-refractivity contribution in [2.24, 2.45) is 0 Å². The normalized spacial score (nSPS) is 14.5. The highest BCUT2D eigenvalue weighted by molar-refractivity contribution is 5.98. The van der Waals surface area contributed by atoms with Gasteiger partial charge in [0.2, 0.25) is 0 Å². The molecule has 0 saturated carbocycles. The molecule has 0 aliphatic heterocycles. The first-order valence-electron chi connectivity index (χ1n) is 8.43. The van der Waals surface area contributed by atoms with E-state index in [1.165, 1.54) is 0 Å². The fourth-order valence-corrected chi connectivity index (χ4v) is 1.75. The maximum absolute atomic E-state index is 5.82. The molecule has 0 aliphatic carbocycles. The van der Waals surface area contributed by atoms with Crippen LogP contribution in [0, 0.1) is 0 Å². The van der Waals surface area contributed by atoms with Crippen LogP contribution >= 0.6 is 0 Å². The molecule has 128 valence electrons. The van der Waals surface area contributed by atoms with E-state index in [-0.39, 0.29) is 12.2 Å². The maximum atomic E-state index is 5.82. The number of ether oxygens (including phenoxy) is 2. The van der Waals surface area contributed by atoms with E-state index in [0.29, 0.717) is 6.10 Å². The Morgan fingerprint density at radius 1 is 0.773 bits per heavy atom. The SMILES string of the molecule is CCC(C)O[SiH3].CCC(C)Oc1ccccc1OC(C)CC. The van der Waals surface area contributed by atoms with E-state index in [1.54, 1.807) is 0 Å². The maximum Gasteiger partial charge on any atom is 0.161 e. The number of rotatable bonds is 8. The average Bonchev–Trinajstić information content (AvgIpc) is 2.56. The molecule has 0 aliphatic rings. The van der Waals surface area contributed by atoms with Crippen molar-refractivity contribution in [3.63, 3.8) is 0 Å². The molecule has 3 atom stereocenters. The second-order valence-corrected chi connectivity index (χ2v) is 6.05. The van der Waals surface area contributed by atoms with Gasteiger partial charge in [-0.05, 0) is 52.2 Å². The van der Waals surface area contributed by atoms with Gasteiger partial charge in [0.25, 0.3) is 0 Å². The lowest BCUT2D eigenvalue weighted by Crippen LogP contribution is -2.14. The highest BCUT2D eigenvalue weighted by atomic mass is 28.2. The minimum absolute atomic E-state index is 0.224. The van der Waals surface area contributed by atoms with Crippen molar-refractivity contribution in [2.75, 3.05) is 0 Å². The van der Waals surface area contributed by atoms with Crippen molar-refractivity contribution in [3.05, 3.63) is 24.3 Å². The molecule has 3 nitrogen and oxygen atoms in total. The van der Waals surface area contributed by atoms with Gasteiger partial charge in [0, 0.05) is 6.10 Å². The first kappa shape index (κ1) is 21.0. The summed E-state index contributed by atoms with van der Waals surface area (Å²) < 4.78 is 16.7. The smallest absolute Gasteiger partial charge is 0.161 e. The molecule has 3 unspecified atom stereocenters. The van der Waals surface area contributed by atoms with Crippen LogP contribution < -0.4 is 9.47 Å². The van der Waals surface area contributed by atoms with Gasteiger partial charge >= 0.3 is 0 Å². The van der Waals surface area contributed by atoms with Crippen molar-refractivity contribution < 1.29 is 13.9 Å². The predicted octanol–water partition coefficient (Wildman–Crippen LogP) is 4.12. The van der Waals surface area contributed by atoms with E-state index in [0.717, 1.165) is 41.2 Å². The number of para-hydroxylation sites is 2. The third-order valence-electron chi connectivity index (χ3n) is 3.63. The van der Waals surface area contributed by atoms with Gasteiger partial charge in [-0.3, -0.25) is 0 Å². The number of hydrogen-bond donors (Lipinski definition) is 0. The highest BCUT2D eigenvalue weighted by Gasteiger charge is 2.09. The van der Waals surface area contributed by atoms with Gasteiger partial charge in [-0.25, -0.2) is 0 Å². The molecule has 1 rings (SSSR count). The summed E-state index contributed by atoms with van der Waals surface area (Å²) in [5, 5.41) is 0. The van der Waals surface area contributed by atoms with Crippen molar-refractivity contribution in [3.8, 4) is 11.5 Å². The van der Waals surface area contributed by atoms with Crippen LogP contribution in [0.25, 0.3) is 0 Å². The van der Waals surface area contributed by atoms with Crippen molar-refractivity contribution in [1.82, 2.24) is 0 Å². The summed E-state index contributed by atoms with van der Waals surface area (Å²) in [6.45, 7) is 12.6. The van der Waals surface area contributed by atoms with Crippen molar-refractivity contribution in [1.29, 1.82) is 0 Å². The molecule has 0 radical (unpaired) electrons. The Kier molecular flexibility index (Phi) is 12.0. The van der Waals surface area contributed by atoms with Gasteiger partial charge < -0.3 is 13.9 Å².